The highest BCUT2D eigenvalue weighted by atomic mass is 35.5. The van der Waals surface area contributed by atoms with Gasteiger partial charge in [-0.05, 0) is 26.0 Å². The molecule has 1 amide bonds. The van der Waals surface area contributed by atoms with Gasteiger partial charge in [0.1, 0.15) is 17.2 Å². The van der Waals surface area contributed by atoms with Crippen molar-refractivity contribution in [2.24, 2.45) is 0 Å². The van der Waals surface area contributed by atoms with Gasteiger partial charge in [-0.25, -0.2) is 9.97 Å². The van der Waals surface area contributed by atoms with E-state index in [-0.39, 0.29) is 23.9 Å². The maximum absolute atomic E-state index is 12.2. The van der Waals surface area contributed by atoms with E-state index in [0.29, 0.717) is 15.7 Å². The molecule has 27 heavy (non-hydrogen) atoms. The lowest BCUT2D eigenvalue weighted by atomic mass is 10.2. The quantitative estimate of drug-likeness (QED) is 0.572. The summed E-state index contributed by atoms with van der Waals surface area (Å²) in [7, 11) is 0. The Morgan fingerprint density at radius 1 is 1.30 bits per heavy atom. The van der Waals surface area contributed by atoms with Crippen LogP contribution in [0.3, 0.4) is 0 Å². The van der Waals surface area contributed by atoms with Crippen LogP contribution >= 0.6 is 35.0 Å². The number of halogens is 2. The summed E-state index contributed by atoms with van der Waals surface area (Å²) in [5.41, 5.74) is 0.495. The molecule has 1 aromatic carbocycles. The van der Waals surface area contributed by atoms with Crippen LogP contribution in [0.2, 0.25) is 10.0 Å². The van der Waals surface area contributed by atoms with Crippen molar-refractivity contribution in [2.45, 2.75) is 31.1 Å². The first-order valence-corrected chi connectivity index (χ1v) is 10.3. The number of carbonyl (C=O) groups excluding carboxylic acids is 1. The summed E-state index contributed by atoms with van der Waals surface area (Å²) in [6.45, 7) is 5.65. The third-order valence-electron chi connectivity index (χ3n) is 3.95. The number of morpholine rings is 1. The number of anilines is 2. The Hall–Kier alpha value is -1.54. The molecule has 2 heterocycles. The third-order valence-corrected chi connectivity index (χ3v) is 5.69. The van der Waals surface area contributed by atoms with E-state index in [1.165, 1.54) is 18.1 Å². The number of rotatable bonds is 5. The van der Waals surface area contributed by atoms with Crippen molar-refractivity contribution in [3.63, 3.8) is 0 Å². The molecular formula is C18H20Cl2N4O2S. The molecule has 0 aliphatic carbocycles. The Morgan fingerprint density at radius 3 is 2.78 bits per heavy atom. The van der Waals surface area contributed by atoms with E-state index in [1.807, 2.05) is 19.9 Å². The first-order chi connectivity index (χ1) is 12.9. The fourth-order valence-corrected chi connectivity index (χ4v) is 3.88. The average molecular weight is 427 g/mol. The second-order valence-corrected chi connectivity index (χ2v) is 8.10. The zero-order valence-electron chi connectivity index (χ0n) is 15.0. The van der Waals surface area contributed by atoms with Crippen molar-refractivity contribution in [2.75, 3.05) is 29.1 Å². The summed E-state index contributed by atoms with van der Waals surface area (Å²) in [6.07, 6.45) is 1.81. The van der Waals surface area contributed by atoms with Crippen molar-refractivity contribution in [3.05, 3.63) is 40.6 Å². The van der Waals surface area contributed by atoms with Crippen LogP contribution in [0.15, 0.2) is 35.6 Å². The number of thioether (sulfide) groups is 1. The number of benzene rings is 1. The Morgan fingerprint density at radius 2 is 2.04 bits per heavy atom. The smallest absolute Gasteiger partial charge is 0.234 e. The van der Waals surface area contributed by atoms with E-state index in [9.17, 15) is 4.79 Å². The molecule has 0 bridgehead atoms. The minimum Gasteiger partial charge on any atom is -0.372 e. The van der Waals surface area contributed by atoms with Gasteiger partial charge in [-0.15, -0.1) is 0 Å². The second kappa shape index (κ2) is 9.10. The van der Waals surface area contributed by atoms with Crippen molar-refractivity contribution in [1.82, 2.24) is 9.97 Å². The van der Waals surface area contributed by atoms with E-state index < -0.39 is 0 Å². The lowest BCUT2D eigenvalue weighted by Gasteiger charge is -2.36. The normalized spacial score (nSPS) is 19.8. The molecule has 0 spiro atoms. The van der Waals surface area contributed by atoms with E-state index in [2.05, 4.69) is 20.2 Å². The van der Waals surface area contributed by atoms with Crippen LogP contribution in [-0.4, -0.2) is 46.9 Å². The van der Waals surface area contributed by atoms with Gasteiger partial charge in [-0.2, -0.15) is 0 Å². The molecular weight excluding hydrogens is 407 g/mol. The highest BCUT2D eigenvalue weighted by molar-refractivity contribution is 7.99. The van der Waals surface area contributed by atoms with Gasteiger partial charge >= 0.3 is 0 Å². The largest absolute Gasteiger partial charge is 0.372 e. The zero-order valence-corrected chi connectivity index (χ0v) is 17.3. The molecule has 1 fully saturated rings. The van der Waals surface area contributed by atoms with Gasteiger partial charge in [0.05, 0.1) is 33.7 Å². The fourth-order valence-electron chi connectivity index (χ4n) is 2.87. The number of hydrogen-bond acceptors (Lipinski definition) is 6. The number of nitrogens with one attached hydrogen (secondary N) is 1. The van der Waals surface area contributed by atoms with Crippen LogP contribution in [0.5, 0.6) is 0 Å². The van der Waals surface area contributed by atoms with Gasteiger partial charge in [0.25, 0.3) is 0 Å². The molecule has 9 heteroatoms. The van der Waals surface area contributed by atoms with Crippen molar-refractivity contribution in [3.8, 4) is 0 Å². The summed E-state index contributed by atoms with van der Waals surface area (Å²) < 4.78 is 5.76. The lowest BCUT2D eigenvalue weighted by Crippen LogP contribution is -2.45. The van der Waals surface area contributed by atoms with Crippen LogP contribution in [0.25, 0.3) is 0 Å². The van der Waals surface area contributed by atoms with Gasteiger partial charge in [-0.1, -0.05) is 41.0 Å². The van der Waals surface area contributed by atoms with Crippen LogP contribution in [0.4, 0.5) is 11.5 Å². The SMILES string of the molecule is CC1CN(c2cc(SCC(=O)Nc3cccc(Cl)c3Cl)ncn2)CC(C)O1. The first kappa shape index (κ1) is 20.2. The number of aromatic nitrogens is 2. The maximum Gasteiger partial charge on any atom is 0.234 e. The van der Waals surface area contributed by atoms with Crippen LogP contribution in [0, 0.1) is 0 Å². The predicted molar refractivity (Wildman–Crippen MR) is 110 cm³/mol. The standard InChI is InChI=1S/C18H20Cl2N4O2S/c1-11-7-24(8-12(2)26-11)15-6-17(22-10-21-15)27-9-16(25)23-14-5-3-4-13(19)18(14)20/h3-6,10-12H,7-9H2,1-2H3,(H,23,25). The molecule has 2 aromatic rings. The molecule has 2 unspecified atom stereocenters. The summed E-state index contributed by atoms with van der Waals surface area (Å²) in [5.74, 6) is 0.862. The van der Waals surface area contributed by atoms with Gasteiger partial charge in [-0.3, -0.25) is 4.79 Å². The molecule has 6 nitrogen and oxygen atoms in total. The van der Waals surface area contributed by atoms with E-state index in [1.54, 1.807) is 18.2 Å². The molecule has 1 N–H and O–H groups in total. The molecule has 1 aliphatic heterocycles. The zero-order chi connectivity index (χ0) is 19.4. The van der Waals surface area contributed by atoms with E-state index in [4.69, 9.17) is 27.9 Å². The number of nitrogens with zero attached hydrogens (tertiary/aromatic N) is 3. The van der Waals surface area contributed by atoms with Gasteiger partial charge in [0.15, 0.2) is 0 Å². The highest BCUT2D eigenvalue weighted by Crippen LogP contribution is 2.30. The van der Waals surface area contributed by atoms with E-state index >= 15 is 0 Å². The fraction of sp³-hybridized carbons (Fsp3) is 0.389. The minimum atomic E-state index is -0.182. The maximum atomic E-state index is 12.2. The highest BCUT2D eigenvalue weighted by Gasteiger charge is 2.23. The van der Waals surface area contributed by atoms with Gasteiger partial charge in [0.2, 0.25) is 5.91 Å². The topological polar surface area (TPSA) is 67.4 Å². The van der Waals surface area contributed by atoms with Crippen LogP contribution in [-0.2, 0) is 9.53 Å². The Kier molecular flexibility index (Phi) is 6.81. The van der Waals surface area contributed by atoms with Gasteiger partial charge < -0.3 is 15.0 Å². The average Bonchev–Trinajstić information content (AvgIpc) is 2.63. The lowest BCUT2D eigenvalue weighted by molar-refractivity contribution is -0.113. The van der Waals surface area contributed by atoms with E-state index in [0.717, 1.165) is 23.9 Å². The van der Waals surface area contributed by atoms with Crippen molar-refractivity contribution >= 4 is 52.4 Å². The molecule has 1 aromatic heterocycles. The summed E-state index contributed by atoms with van der Waals surface area (Å²) >= 11 is 13.4. The number of ether oxygens (including phenoxy) is 1. The number of carbonyl (C=O) groups is 1. The molecule has 3 rings (SSSR count). The van der Waals surface area contributed by atoms with Crippen LogP contribution < -0.4 is 10.2 Å². The van der Waals surface area contributed by atoms with Crippen LogP contribution in [0.1, 0.15) is 13.8 Å². The third kappa shape index (κ3) is 5.48. The van der Waals surface area contributed by atoms with Gasteiger partial charge in [0, 0.05) is 19.2 Å². The first-order valence-electron chi connectivity index (χ1n) is 8.51. The summed E-state index contributed by atoms with van der Waals surface area (Å²) in [4.78, 5) is 23.0. The molecule has 1 aliphatic rings. The second-order valence-electron chi connectivity index (χ2n) is 6.31. The van der Waals surface area contributed by atoms with Crippen molar-refractivity contribution < 1.29 is 9.53 Å². The Labute approximate surface area is 172 Å². The molecule has 144 valence electrons. The summed E-state index contributed by atoms with van der Waals surface area (Å²) in [5, 5.41) is 4.23. The molecule has 0 saturated carbocycles. The number of hydrogen-bond donors (Lipinski definition) is 1. The minimum absolute atomic E-state index is 0.146. The summed E-state index contributed by atoms with van der Waals surface area (Å²) in [6, 6.07) is 7.01. The number of amides is 1. The molecule has 1 saturated heterocycles. The monoisotopic (exact) mass is 426 g/mol. The molecule has 2 atom stereocenters. The Bertz CT molecular complexity index is 814. The molecule has 0 radical (unpaired) electrons. The Balaban J connectivity index is 1.59. The van der Waals surface area contributed by atoms with Crippen molar-refractivity contribution in [1.29, 1.82) is 0 Å². The predicted octanol–water partition coefficient (Wildman–Crippen LogP) is 4.13.